The molecule has 0 bridgehead atoms. The van der Waals surface area contributed by atoms with Crippen molar-refractivity contribution in [3.63, 3.8) is 0 Å². The van der Waals surface area contributed by atoms with Gasteiger partial charge in [-0.25, -0.2) is 4.79 Å². The molecule has 4 nitrogen and oxygen atoms in total. The van der Waals surface area contributed by atoms with E-state index in [9.17, 15) is 4.79 Å². The molecule has 16 heavy (non-hydrogen) atoms. The number of methoxy groups -OCH3 is 1. The molecule has 0 amide bonds. The first-order valence-electron chi connectivity index (χ1n) is 4.97. The largest absolute Gasteiger partial charge is 0.496 e. The minimum absolute atomic E-state index is 0.0204. The van der Waals surface area contributed by atoms with Crippen LogP contribution in [0.25, 0.3) is 0 Å². The molecule has 1 aliphatic rings. The third-order valence-corrected chi connectivity index (χ3v) is 3.75. The Morgan fingerprint density at radius 3 is 3.00 bits per heavy atom. The van der Waals surface area contributed by atoms with Crippen LogP contribution in [0, 0.1) is 0 Å². The Kier molecular flexibility index (Phi) is 3.07. The summed E-state index contributed by atoms with van der Waals surface area (Å²) in [5, 5.41) is 9.04. The molecular formula is C11H13NO3S. The lowest BCUT2D eigenvalue weighted by molar-refractivity contribution is 0.0693. The standard InChI is InChI=1S/C11H13NO3S/c1-15-9-4-6-8(12)2-3-16-10(6)5-7(9)11(13)14/h4-5,8H,2-3,12H2,1H3,(H,13,14). The molecule has 3 N–H and O–H groups in total. The Morgan fingerprint density at radius 2 is 2.38 bits per heavy atom. The van der Waals surface area contributed by atoms with E-state index in [-0.39, 0.29) is 11.6 Å². The predicted octanol–water partition coefficient (Wildman–Crippen LogP) is 1.89. The summed E-state index contributed by atoms with van der Waals surface area (Å²) in [6.07, 6.45) is 0.910. The number of thioether (sulfide) groups is 1. The van der Waals surface area contributed by atoms with Crippen LogP contribution in [-0.4, -0.2) is 23.9 Å². The number of fused-ring (bicyclic) bond motifs is 1. The van der Waals surface area contributed by atoms with Crippen LogP contribution < -0.4 is 10.5 Å². The maximum Gasteiger partial charge on any atom is 0.339 e. The van der Waals surface area contributed by atoms with Crippen molar-refractivity contribution in [1.82, 2.24) is 0 Å². The summed E-state index contributed by atoms with van der Waals surface area (Å²) in [4.78, 5) is 12.0. The molecule has 0 aliphatic carbocycles. The minimum atomic E-state index is -0.973. The summed E-state index contributed by atoms with van der Waals surface area (Å²) in [7, 11) is 1.47. The van der Waals surface area contributed by atoms with Crippen LogP contribution in [-0.2, 0) is 0 Å². The van der Waals surface area contributed by atoms with Gasteiger partial charge in [0, 0.05) is 10.9 Å². The van der Waals surface area contributed by atoms with Gasteiger partial charge >= 0.3 is 5.97 Å². The number of nitrogens with two attached hydrogens (primary N) is 1. The smallest absolute Gasteiger partial charge is 0.339 e. The predicted molar refractivity (Wildman–Crippen MR) is 62.2 cm³/mol. The molecule has 1 heterocycles. The van der Waals surface area contributed by atoms with Crippen LogP contribution in [0.5, 0.6) is 5.75 Å². The van der Waals surface area contributed by atoms with Gasteiger partial charge in [-0.05, 0) is 29.9 Å². The summed E-state index contributed by atoms with van der Waals surface area (Å²) >= 11 is 1.64. The van der Waals surface area contributed by atoms with Crippen molar-refractivity contribution in [2.45, 2.75) is 17.4 Å². The zero-order chi connectivity index (χ0) is 11.7. The molecule has 0 saturated carbocycles. The van der Waals surface area contributed by atoms with Crippen LogP contribution in [0.1, 0.15) is 28.4 Å². The number of hydrogen-bond acceptors (Lipinski definition) is 4. The van der Waals surface area contributed by atoms with Gasteiger partial charge in [-0.3, -0.25) is 0 Å². The molecule has 1 atom stereocenters. The molecule has 0 fully saturated rings. The van der Waals surface area contributed by atoms with Gasteiger partial charge in [0.2, 0.25) is 0 Å². The van der Waals surface area contributed by atoms with E-state index in [1.54, 1.807) is 23.9 Å². The van der Waals surface area contributed by atoms with E-state index < -0.39 is 5.97 Å². The van der Waals surface area contributed by atoms with Gasteiger partial charge in [0.05, 0.1) is 7.11 Å². The monoisotopic (exact) mass is 239 g/mol. The van der Waals surface area contributed by atoms with Gasteiger partial charge in [-0.15, -0.1) is 11.8 Å². The van der Waals surface area contributed by atoms with Crippen molar-refractivity contribution in [1.29, 1.82) is 0 Å². The second-order valence-electron chi connectivity index (χ2n) is 3.64. The van der Waals surface area contributed by atoms with Crippen LogP contribution >= 0.6 is 11.8 Å². The van der Waals surface area contributed by atoms with Crippen molar-refractivity contribution in [2.24, 2.45) is 5.73 Å². The molecule has 0 radical (unpaired) electrons. The first kappa shape index (κ1) is 11.3. The maximum atomic E-state index is 11.0. The average molecular weight is 239 g/mol. The fourth-order valence-corrected chi connectivity index (χ4v) is 2.95. The highest BCUT2D eigenvalue weighted by molar-refractivity contribution is 7.99. The highest BCUT2D eigenvalue weighted by atomic mass is 32.2. The molecule has 5 heteroatoms. The van der Waals surface area contributed by atoms with Crippen molar-refractivity contribution in [3.05, 3.63) is 23.3 Å². The highest BCUT2D eigenvalue weighted by Crippen LogP contribution is 2.38. The van der Waals surface area contributed by atoms with Crippen LogP contribution in [0.2, 0.25) is 0 Å². The van der Waals surface area contributed by atoms with E-state index in [1.165, 1.54) is 7.11 Å². The Bertz CT molecular complexity index is 433. The highest BCUT2D eigenvalue weighted by Gasteiger charge is 2.22. The first-order chi connectivity index (χ1) is 7.63. The van der Waals surface area contributed by atoms with Gasteiger partial charge < -0.3 is 15.6 Å². The number of ether oxygens (including phenoxy) is 1. The van der Waals surface area contributed by atoms with E-state index in [1.807, 2.05) is 0 Å². The zero-order valence-electron chi connectivity index (χ0n) is 8.90. The molecule has 2 rings (SSSR count). The Hall–Kier alpha value is -1.20. The third-order valence-electron chi connectivity index (χ3n) is 2.65. The minimum Gasteiger partial charge on any atom is -0.496 e. The number of hydrogen-bond donors (Lipinski definition) is 2. The normalized spacial score (nSPS) is 19.0. The van der Waals surface area contributed by atoms with E-state index in [2.05, 4.69) is 0 Å². The molecule has 1 aliphatic heterocycles. The van der Waals surface area contributed by atoms with Gasteiger partial charge in [-0.1, -0.05) is 0 Å². The van der Waals surface area contributed by atoms with Crippen LogP contribution in [0.4, 0.5) is 0 Å². The quantitative estimate of drug-likeness (QED) is 0.824. The number of carboxylic acids is 1. The lowest BCUT2D eigenvalue weighted by atomic mass is 10.0. The van der Waals surface area contributed by atoms with E-state index in [0.717, 1.165) is 22.6 Å². The summed E-state index contributed by atoms with van der Waals surface area (Å²) < 4.78 is 5.08. The number of rotatable bonds is 2. The molecule has 86 valence electrons. The number of aromatic carboxylic acids is 1. The maximum absolute atomic E-state index is 11.0. The second kappa shape index (κ2) is 4.35. The summed E-state index contributed by atoms with van der Waals surface area (Å²) in [5.41, 5.74) is 7.16. The van der Waals surface area contributed by atoms with Crippen molar-refractivity contribution >= 4 is 17.7 Å². The Balaban J connectivity index is 2.55. The van der Waals surface area contributed by atoms with E-state index in [0.29, 0.717) is 5.75 Å². The Morgan fingerprint density at radius 1 is 1.62 bits per heavy atom. The first-order valence-corrected chi connectivity index (χ1v) is 5.95. The Labute approximate surface area is 97.8 Å². The summed E-state index contributed by atoms with van der Waals surface area (Å²) in [6, 6.07) is 3.38. The fourth-order valence-electron chi connectivity index (χ4n) is 1.78. The van der Waals surface area contributed by atoms with Crippen LogP contribution in [0.15, 0.2) is 17.0 Å². The molecule has 0 saturated heterocycles. The fraction of sp³-hybridized carbons (Fsp3) is 0.364. The molecule has 1 aromatic carbocycles. The molecule has 1 aromatic rings. The topological polar surface area (TPSA) is 72.5 Å². The number of carboxylic acid groups (broad SMARTS) is 1. The van der Waals surface area contributed by atoms with Crippen molar-refractivity contribution in [2.75, 3.05) is 12.9 Å². The van der Waals surface area contributed by atoms with E-state index in [4.69, 9.17) is 15.6 Å². The van der Waals surface area contributed by atoms with E-state index >= 15 is 0 Å². The lowest BCUT2D eigenvalue weighted by Gasteiger charge is -2.23. The molecule has 1 unspecified atom stereocenters. The summed E-state index contributed by atoms with van der Waals surface area (Å²) in [5.74, 6) is 0.336. The molecule has 0 spiro atoms. The SMILES string of the molecule is COc1cc2c(cc1C(=O)O)SCCC2N. The molecular weight excluding hydrogens is 226 g/mol. The van der Waals surface area contributed by atoms with Crippen LogP contribution in [0.3, 0.4) is 0 Å². The third kappa shape index (κ3) is 1.88. The van der Waals surface area contributed by atoms with Gasteiger partial charge in [0.15, 0.2) is 0 Å². The average Bonchev–Trinajstić information content (AvgIpc) is 2.28. The summed E-state index contributed by atoms with van der Waals surface area (Å²) in [6.45, 7) is 0. The number of benzene rings is 1. The van der Waals surface area contributed by atoms with Crippen molar-refractivity contribution < 1.29 is 14.6 Å². The van der Waals surface area contributed by atoms with Gasteiger partial charge in [0.25, 0.3) is 0 Å². The number of carbonyl (C=O) groups is 1. The molecule has 0 aromatic heterocycles. The zero-order valence-corrected chi connectivity index (χ0v) is 9.71. The van der Waals surface area contributed by atoms with Gasteiger partial charge in [0.1, 0.15) is 11.3 Å². The second-order valence-corrected chi connectivity index (χ2v) is 4.78. The van der Waals surface area contributed by atoms with Gasteiger partial charge in [-0.2, -0.15) is 0 Å². The lowest BCUT2D eigenvalue weighted by Crippen LogP contribution is -2.17. The van der Waals surface area contributed by atoms with Crippen molar-refractivity contribution in [3.8, 4) is 5.75 Å².